The second-order valence-electron chi connectivity index (χ2n) is 4.04. The second kappa shape index (κ2) is 7.09. The molecule has 0 heterocycles. The molecule has 0 aliphatic rings. The molecule has 1 unspecified atom stereocenters. The maximum absolute atomic E-state index is 11.7. The minimum atomic E-state index is -1.30. The molecule has 0 saturated heterocycles. The molecule has 1 rings (SSSR count). The summed E-state index contributed by atoms with van der Waals surface area (Å²) in [4.78, 5) is 22.8. The lowest BCUT2D eigenvalue weighted by atomic mass is 10.1. The Bertz CT molecular complexity index is 491. The second-order valence-corrected chi connectivity index (χ2v) is 4.95. The Hall–Kier alpha value is -1.62. The van der Waals surface area contributed by atoms with Crippen LogP contribution in [0.1, 0.15) is 25.8 Å². The molecule has 5 heteroatoms. The minimum Gasteiger partial charge on any atom is -0.477 e. The van der Waals surface area contributed by atoms with E-state index in [-0.39, 0.29) is 11.7 Å². The zero-order valence-corrected chi connectivity index (χ0v) is 12.3. The van der Waals surface area contributed by atoms with Crippen molar-refractivity contribution in [3.8, 4) is 0 Å². The molecule has 4 nitrogen and oxygen atoms in total. The number of ether oxygens (including phenoxy) is 1. The van der Waals surface area contributed by atoms with Crippen molar-refractivity contribution in [2.45, 2.75) is 26.4 Å². The van der Waals surface area contributed by atoms with Gasteiger partial charge in [-0.2, -0.15) is 0 Å². The lowest BCUT2D eigenvalue weighted by molar-refractivity contribution is -0.147. The third kappa shape index (κ3) is 4.87. The van der Waals surface area contributed by atoms with Crippen molar-refractivity contribution in [2.75, 3.05) is 0 Å². The third-order valence-electron chi connectivity index (χ3n) is 2.51. The predicted octanol–water partition coefficient (Wildman–Crippen LogP) is 3.26. The molecule has 0 aromatic heterocycles. The highest BCUT2D eigenvalue weighted by molar-refractivity contribution is 9.10. The average molecular weight is 327 g/mol. The lowest BCUT2D eigenvalue weighted by Gasteiger charge is -2.11. The van der Waals surface area contributed by atoms with Crippen LogP contribution in [0.5, 0.6) is 0 Å². The van der Waals surface area contributed by atoms with Crippen LogP contribution in [0, 0.1) is 0 Å². The molecule has 0 fully saturated rings. The van der Waals surface area contributed by atoms with Crippen LogP contribution in [0.4, 0.5) is 0 Å². The van der Waals surface area contributed by atoms with Crippen LogP contribution in [0.2, 0.25) is 0 Å². The van der Waals surface area contributed by atoms with Gasteiger partial charge in [0.1, 0.15) is 5.57 Å². The first-order valence-electron chi connectivity index (χ1n) is 5.85. The van der Waals surface area contributed by atoms with E-state index in [1.807, 2.05) is 6.92 Å². The molecule has 102 valence electrons. The highest BCUT2D eigenvalue weighted by Crippen LogP contribution is 2.14. The molecule has 0 bridgehead atoms. The van der Waals surface area contributed by atoms with Crippen LogP contribution in [-0.2, 0) is 14.3 Å². The third-order valence-corrected chi connectivity index (χ3v) is 3.04. The van der Waals surface area contributed by atoms with Crippen LogP contribution in [0.3, 0.4) is 0 Å². The van der Waals surface area contributed by atoms with E-state index in [2.05, 4.69) is 15.9 Å². The van der Waals surface area contributed by atoms with Gasteiger partial charge in [0.25, 0.3) is 0 Å². The number of rotatable bonds is 5. The number of benzene rings is 1. The number of carboxylic acid groups (broad SMARTS) is 1. The first kappa shape index (κ1) is 15.4. The molecule has 19 heavy (non-hydrogen) atoms. The van der Waals surface area contributed by atoms with Crippen molar-refractivity contribution in [1.29, 1.82) is 0 Å². The van der Waals surface area contributed by atoms with Crippen LogP contribution in [0.25, 0.3) is 6.08 Å². The molecule has 0 radical (unpaired) electrons. The Morgan fingerprint density at radius 2 is 1.95 bits per heavy atom. The number of aliphatic carboxylic acids is 1. The summed E-state index contributed by atoms with van der Waals surface area (Å²) in [6.07, 6.45) is 1.64. The molecular formula is C14H15BrO4. The van der Waals surface area contributed by atoms with Crippen molar-refractivity contribution in [3.63, 3.8) is 0 Å². The van der Waals surface area contributed by atoms with Gasteiger partial charge in [-0.3, -0.25) is 0 Å². The van der Waals surface area contributed by atoms with Crippen molar-refractivity contribution in [2.24, 2.45) is 0 Å². The maximum Gasteiger partial charge on any atom is 0.345 e. The van der Waals surface area contributed by atoms with Gasteiger partial charge in [0.05, 0.1) is 6.10 Å². The Kier molecular flexibility index (Phi) is 5.76. The molecule has 0 amide bonds. The monoisotopic (exact) mass is 326 g/mol. The fourth-order valence-electron chi connectivity index (χ4n) is 1.26. The molecule has 0 aliphatic carbocycles. The summed E-state index contributed by atoms with van der Waals surface area (Å²) in [6.45, 7) is 3.58. The first-order chi connectivity index (χ1) is 8.93. The Balaban J connectivity index is 2.97. The molecular weight excluding hydrogens is 312 g/mol. The van der Waals surface area contributed by atoms with Crippen molar-refractivity contribution < 1.29 is 19.4 Å². The van der Waals surface area contributed by atoms with E-state index in [4.69, 9.17) is 9.84 Å². The fraction of sp³-hybridized carbons (Fsp3) is 0.286. The summed E-state index contributed by atoms with van der Waals surface area (Å²) in [7, 11) is 0. The zero-order valence-electron chi connectivity index (χ0n) is 10.7. The van der Waals surface area contributed by atoms with Crippen LogP contribution < -0.4 is 0 Å². The first-order valence-corrected chi connectivity index (χ1v) is 6.65. The molecule has 0 saturated carbocycles. The van der Waals surface area contributed by atoms with Gasteiger partial charge in [-0.05, 0) is 37.1 Å². The van der Waals surface area contributed by atoms with Crippen LogP contribution in [-0.4, -0.2) is 23.1 Å². The van der Waals surface area contributed by atoms with Gasteiger partial charge < -0.3 is 9.84 Å². The maximum atomic E-state index is 11.7. The van der Waals surface area contributed by atoms with E-state index in [1.165, 1.54) is 6.08 Å². The fourth-order valence-corrected chi connectivity index (χ4v) is 1.53. The molecule has 1 atom stereocenters. The number of esters is 1. The number of carboxylic acids is 1. The van der Waals surface area contributed by atoms with Gasteiger partial charge in [0.2, 0.25) is 0 Å². The number of hydrogen-bond donors (Lipinski definition) is 1. The smallest absolute Gasteiger partial charge is 0.345 e. The topological polar surface area (TPSA) is 63.6 Å². The SMILES string of the molecule is CCC(C)OC(=O)C(=Cc1ccc(Br)cc1)C(=O)O. The average Bonchev–Trinajstić information content (AvgIpc) is 2.37. The quantitative estimate of drug-likeness (QED) is 0.390. The van der Waals surface area contributed by atoms with E-state index in [9.17, 15) is 9.59 Å². The highest BCUT2D eigenvalue weighted by Gasteiger charge is 2.20. The molecule has 1 aromatic rings. The summed E-state index contributed by atoms with van der Waals surface area (Å²) in [5, 5.41) is 9.07. The minimum absolute atomic E-state index is 0.305. The summed E-state index contributed by atoms with van der Waals surface area (Å²) in [5.41, 5.74) is 0.254. The van der Waals surface area contributed by atoms with Gasteiger partial charge in [-0.15, -0.1) is 0 Å². The van der Waals surface area contributed by atoms with Gasteiger partial charge >= 0.3 is 11.9 Å². The molecule has 0 aliphatic heterocycles. The van der Waals surface area contributed by atoms with E-state index < -0.39 is 11.9 Å². The largest absolute Gasteiger partial charge is 0.477 e. The van der Waals surface area contributed by atoms with Crippen molar-refractivity contribution in [1.82, 2.24) is 0 Å². The summed E-state index contributed by atoms with van der Waals surface area (Å²) in [5.74, 6) is -2.11. The van der Waals surface area contributed by atoms with Gasteiger partial charge in [0.15, 0.2) is 0 Å². The summed E-state index contributed by atoms with van der Waals surface area (Å²) in [6, 6.07) is 6.96. The van der Waals surface area contributed by atoms with E-state index >= 15 is 0 Å². The van der Waals surface area contributed by atoms with E-state index in [1.54, 1.807) is 31.2 Å². The van der Waals surface area contributed by atoms with Crippen LogP contribution >= 0.6 is 15.9 Å². The zero-order chi connectivity index (χ0) is 14.4. The number of halogens is 1. The molecule has 1 N–H and O–H groups in total. The van der Waals surface area contributed by atoms with Gasteiger partial charge in [0, 0.05) is 4.47 Å². The Morgan fingerprint density at radius 3 is 2.42 bits per heavy atom. The van der Waals surface area contributed by atoms with Crippen LogP contribution in [0.15, 0.2) is 34.3 Å². The van der Waals surface area contributed by atoms with E-state index in [0.717, 1.165) is 4.47 Å². The van der Waals surface area contributed by atoms with E-state index in [0.29, 0.717) is 12.0 Å². The Labute approximate surface area is 120 Å². The molecule has 0 spiro atoms. The van der Waals surface area contributed by atoms with Crippen molar-refractivity contribution >= 4 is 33.9 Å². The van der Waals surface area contributed by atoms with Gasteiger partial charge in [-0.25, -0.2) is 9.59 Å². The number of carbonyl (C=O) groups excluding carboxylic acids is 1. The number of hydrogen-bond acceptors (Lipinski definition) is 3. The van der Waals surface area contributed by atoms with Crippen molar-refractivity contribution in [3.05, 3.63) is 39.9 Å². The predicted molar refractivity (Wildman–Crippen MR) is 75.6 cm³/mol. The Morgan fingerprint density at radius 1 is 1.37 bits per heavy atom. The lowest BCUT2D eigenvalue weighted by Crippen LogP contribution is -2.20. The number of carbonyl (C=O) groups is 2. The molecule has 1 aromatic carbocycles. The summed E-state index contributed by atoms with van der Waals surface area (Å²) < 4.78 is 5.90. The van der Waals surface area contributed by atoms with Gasteiger partial charge in [-0.1, -0.05) is 35.0 Å². The standard InChI is InChI=1S/C14H15BrO4/c1-3-9(2)19-14(18)12(13(16)17)8-10-4-6-11(15)7-5-10/h4-9H,3H2,1-2H3,(H,16,17). The highest BCUT2D eigenvalue weighted by atomic mass is 79.9. The summed E-state index contributed by atoms with van der Waals surface area (Å²) >= 11 is 3.28. The normalized spacial score (nSPS) is 12.9.